The van der Waals surface area contributed by atoms with Crippen molar-refractivity contribution in [2.24, 2.45) is 0 Å². The average Bonchev–Trinajstić information content (AvgIpc) is 2.89. The molecule has 7 heteroatoms. The summed E-state index contributed by atoms with van der Waals surface area (Å²) in [7, 11) is -3.20. The molecule has 0 aromatic rings. The predicted molar refractivity (Wildman–Crippen MR) is 74.7 cm³/mol. The van der Waals surface area contributed by atoms with E-state index in [1.165, 1.54) is 0 Å². The van der Waals surface area contributed by atoms with Gasteiger partial charge in [0.2, 0.25) is 10.0 Å². The Morgan fingerprint density at radius 2 is 2.32 bits per heavy atom. The highest BCUT2D eigenvalue weighted by Crippen LogP contribution is 2.08. The molecule has 6 nitrogen and oxygen atoms in total. The average molecular weight is 291 g/mol. The van der Waals surface area contributed by atoms with Gasteiger partial charge in [-0.05, 0) is 25.9 Å². The number of hydrogen-bond donors (Lipinski definition) is 2. The van der Waals surface area contributed by atoms with Gasteiger partial charge in [-0.1, -0.05) is 6.92 Å². The number of nitrogens with zero attached hydrogens (tertiary/aromatic N) is 1. The molecule has 2 unspecified atom stereocenters. The van der Waals surface area contributed by atoms with Crippen molar-refractivity contribution < 1.29 is 13.2 Å². The molecule has 0 spiro atoms. The zero-order chi connectivity index (χ0) is 13.7. The van der Waals surface area contributed by atoms with Crippen molar-refractivity contribution in [3.05, 3.63) is 0 Å². The number of morpholine rings is 1. The summed E-state index contributed by atoms with van der Waals surface area (Å²) in [5.74, 6) is 0.178. The highest BCUT2D eigenvalue weighted by Gasteiger charge is 2.24. The lowest BCUT2D eigenvalue weighted by Crippen LogP contribution is -2.48. The predicted octanol–water partition coefficient (Wildman–Crippen LogP) is -0.621. The normalized spacial score (nSPS) is 29.7. The Bertz CT molecular complexity index is 368. The first-order valence-corrected chi connectivity index (χ1v) is 8.79. The quantitative estimate of drug-likeness (QED) is 0.682. The first-order valence-electron chi connectivity index (χ1n) is 7.14. The van der Waals surface area contributed by atoms with Crippen LogP contribution in [0.4, 0.5) is 0 Å². The van der Waals surface area contributed by atoms with Crippen LogP contribution < -0.4 is 10.0 Å². The highest BCUT2D eigenvalue weighted by atomic mass is 32.2. The van der Waals surface area contributed by atoms with Gasteiger partial charge in [0.25, 0.3) is 0 Å². The van der Waals surface area contributed by atoms with Crippen molar-refractivity contribution in [1.29, 1.82) is 0 Å². The maximum atomic E-state index is 12.0. The van der Waals surface area contributed by atoms with Crippen molar-refractivity contribution in [1.82, 2.24) is 14.9 Å². The lowest BCUT2D eigenvalue weighted by Gasteiger charge is -2.32. The van der Waals surface area contributed by atoms with E-state index in [0.717, 1.165) is 39.0 Å². The number of likely N-dealkylation sites (N-methyl/N-ethyl adjacent to an activating group) is 1. The van der Waals surface area contributed by atoms with Gasteiger partial charge in [0.15, 0.2) is 0 Å². The fourth-order valence-electron chi connectivity index (χ4n) is 2.63. The number of nitrogens with one attached hydrogen (secondary N) is 2. The molecule has 0 aromatic carbocycles. The van der Waals surface area contributed by atoms with Gasteiger partial charge in [0.1, 0.15) is 0 Å². The topological polar surface area (TPSA) is 70.7 Å². The number of sulfonamides is 1. The Hall–Kier alpha value is -0.210. The van der Waals surface area contributed by atoms with Gasteiger partial charge in [-0.2, -0.15) is 0 Å². The van der Waals surface area contributed by atoms with Gasteiger partial charge in [-0.3, -0.25) is 4.90 Å². The van der Waals surface area contributed by atoms with E-state index >= 15 is 0 Å². The highest BCUT2D eigenvalue weighted by molar-refractivity contribution is 7.89. The van der Waals surface area contributed by atoms with E-state index in [4.69, 9.17) is 4.74 Å². The largest absolute Gasteiger partial charge is 0.374 e. The molecule has 112 valence electrons. The van der Waals surface area contributed by atoms with Crippen LogP contribution in [0.2, 0.25) is 0 Å². The molecule has 0 saturated carbocycles. The van der Waals surface area contributed by atoms with Crippen LogP contribution in [0.3, 0.4) is 0 Å². The smallest absolute Gasteiger partial charge is 0.213 e. The molecule has 2 atom stereocenters. The minimum absolute atomic E-state index is 0.0278. The summed E-state index contributed by atoms with van der Waals surface area (Å²) >= 11 is 0. The lowest BCUT2D eigenvalue weighted by atomic mass is 10.3. The molecular formula is C12H25N3O3S. The van der Waals surface area contributed by atoms with Gasteiger partial charge in [0, 0.05) is 25.7 Å². The lowest BCUT2D eigenvalue weighted by molar-refractivity contribution is -0.0229. The first-order chi connectivity index (χ1) is 9.09. The van der Waals surface area contributed by atoms with Crippen molar-refractivity contribution >= 4 is 10.0 Å². The number of rotatable bonds is 6. The molecule has 0 bridgehead atoms. The van der Waals surface area contributed by atoms with Crippen LogP contribution in [0.5, 0.6) is 0 Å². The Kier molecular flexibility index (Phi) is 5.58. The van der Waals surface area contributed by atoms with E-state index in [-0.39, 0.29) is 17.9 Å². The molecule has 2 aliphatic heterocycles. The summed E-state index contributed by atoms with van der Waals surface area (Å²) in [4.78, 5) is 2.28. The molecular weight excluding hydrogens is 266 g/mol. The van der Waals surface area contributed by atoms with Gasteiger partial charge in [0.05, 0.1) is 18.5 Å². The third-order valence-corrected chi connectivity index (χ3v) is 5.23. The second-order valence-electron chi connectivity index (χ2n) is 5.31. The Labute approximate surface area is 115 Å². The number of ether oxygens (including phenoxy) is 1. The molecule has 2 saturated heterocycles. The van der Waals surface area contributed by atoms with Gasteiger partial charge < -0.3 is 10.1 Å². The van der Waals surface area contributed by atoms with E-state index in [1.54, 1.807) is 0 Å². The summed E-state index contributed by atoms with van der Waals surface area (Å²) in [6.45, 7) is 6.83. The van der Waals surface area contributed by atoms with Crippen molar-refractivity contribution in [3.8, 4) is 0 Å². The summed E-state index contributed by atoms with van der Waals surface area (Å²) in [6.07, 6.45) is 1.99. The van der Waals surface area contributed by atoms with E-state index < -0.39 is 10.0 Å². The second kappa shape index (κ2) is 6.99. The molecule has 19 heavy (non-hydrogen) atoms. The minimum atomic E-state index is -3.20. The molecule has 0 aromatic heterocycles. The van der Waals surface area contributed by atoms with Gasteiger partial charge in [-0.25, -0.2) is 13.1 Å². The van der Waals surface area contributed by atoms with Crippen LogP contribution >= 0.6 is 0 Å². The zero-order valence-corrected chi connectivity index (χ0v) is 12.4. The van der Waals surface area contributed by atoms with Crippen LogP contribution in [0, 0.1) is 0 Å². The van der Waals surface area contributed by atoms with Crippen LogP contribution in [0.25, 0.3) is 0 Å². The molecule has 0 amide bonds. The Morgan fingerprint density at radius 1 is 1.47 bits per heavy atom. The zero-order valence-electron chi connectivity index (χ0n) is 11.6. The molecule has 2 fully saturated rings. The Balaban J connectivity index is 1.73. The van der Waals surface area contributed by atoms with Crippen LogP contribution in [-0.4, -0.2) is 70.5 Å². The summed E-state index contributed by atoms with van der Waals surface area (Å²) in [6, 6.07) is 0.108. The molecule has 0 radical (unpaired) electrons. The standard InChI is InChI=1S/C12H25N3O3S/c1-2-15-6-7-18-12(9-15)8-14-19(16,17)10-11-4-3-5-13-11/h11-14H,2-10H2,1H3. The first kappa shape index (κ1) is 15.2. The van der Waals surface area contributed by atoms with E-state index in [2.05, 4.69) is 21.9 Å². The second-order valence-corrected chi connectivity index (χ2v) is 7.16. The van der Waals surface area contributed by atoms with Crippen molar-refractivity contribution in [3.63, 3.8) is 0 Å². The third-order valence-electron chi connectivity index (χ3n) is 3.78. The summed E-state index contributed by atoms with van der Waals surface area (Å²) < 4.78 is 32.2. The fraction of sp³-hybridized carbons (Fsp3) is 1.00. The van der Waals surface area contributed by atoms with E-state index in [9.17, 15) is 8.42 Å². The maximum Gasteiger partial charge on any atom is 0.213 e. The fourth-order valence-corrected chi connectivity index (χ4v) is 4.01. The molecule has 2 aliphatic rings. The molecule has 2 rings (SSSR count). The third kappa shape index (κ3) is 5.00. The summed E-state index contributed by atoms with van der Waals surface area (Å²) in [5, 5.41) is 3.21. The molecule has 2 heterocycles. The van der Waals surface area contributed by atoms with E-state index in [0.29, 0.717) is 13.2 Å². The summed E-state index contributed by atoms with van der Waals surface area (Å²) in [5.41, 5.74) is 0. The van der Waals surface area contributed by atoms with Crippen LogP contribution in [0.1, 0.15) is 19.8 Å². The van der Waals surface area contributed by atoms with Crippen LogP contribution in [-0.2, 0) is 14.8 Å². The van der Waals surface area contributed by atoms with Gasteiger partial charge in [-0.15, -0.1) is 0 Å². The number of hydrogen-bond acceptors (Lipinski definition) is 5. The van der Waals surface area contributed by atoms with Crippen molar-refractivity contribution in [2.75, 3.05) is 45.1 Å². The van der Waals surface area contributed by atoms with Gasteiger partial charge >= 0.3 is 0 Å². The molecule has 2 N–H and O–H groups in total. The maximum absolute atomic E-state index is 12.0. The van der Waals surface area contributed by atoms with Crippen LogP contribution in [0.15, 0.2) is 0 Å². The van der Waals surface area contributed by atoms with E-state index in [1.807, 2.05) is 0 Å². The Morgan fingerprint density at radius 3 is 3.00 bits per heavy atom. The SMILES string of the molecule is CCN1CCOC(CNS(=O)(=O)CC2CCCN2)C1. The monoisotopic (exact) mass is 291 g/mol. The minimum Gasteiger partial charge on any atom is -0.374 e. The van der Waals surface area contributed by atoms with Crippen molar-refractivity contribution in [2.45, 2.75) is 31.9 Å². The molecule has 0 aliphatic carbocycles.